The van der Waals surface area contributed by atoms with Crippen LogP contribution in [0.15, 0.2) is 24.3 Å². The van der Waals surface area contributed by atoms with Crippen LogP contribution in [0.3, 0.4) is 0 Å². The van der Waals surface area contributed by atoms with Crippen molar-refractivity contribution < 1.29 is 4.92 Å². The maximum absolute atomic E-state index is 10.9. The largest absolute Gasteiger partial charge is 0.310 e. The Morgan fingerprint density at radius 3 is 2.67 bits per heavy atom. The van der Waals surface area contributed by atoms with E-state index in [-0.39, 0.29) is 10.6 Å². The van der Waals surface area contributed by atoms with Gasteiger partial charge in [-0.3, -0.25) is 10.1 Å². The molecule has 0 heterocycles. The topological polar surface area (TPSA) is 55.2 Å². The number of para-hydroxylation sites is 1. The van der Waals surface area contributed by atoms with Gasteiger partial charge in [0.1, 0.15) is 0 Å². The molecule has 1 aromatic rings. The molecule has 0 aromatic heterocycles. The summed E-state index contributed by atoms with van der Waals surface area (Å²) < 4.78 is 0. The van der Waals surface area contributed by atoms with Crippen LogP contribution in [0.4, 0.5) is 5.69 Å². The summed E-state index contributed by atoms with van der Waals surface area (Å²) in [6.07, 6.45) is 4.57. The van der Waals surface area contributed by atoms with Gasteiger partial charge in [0.2, 0.25) is 0 Å². The van der Waals surface area contributed by atoms with Crippen molar-refractivity contribution in [2.75, 3.05) is 0 Å². The molecule has 1 rings (SSSR count). The van der Waals surface area contributed by atoms with E-state index in [9.17, 15) is 10.1 Å². The predicted molar refractivity (Wildman–Crippen MR) is 73.5 cm³/mol. The number of nitro groups is 1. The van der Waals surface area contributed by atoms with Crippen molar-refractivity contribution in [2.24, 2.45) is 0 Å². The van der Waals surface area contributed by atoms with Gasteiger partial charge in [0.25, 0.3) is 5.69 Å². The van der Waals surface area contributed by atoms with Crippen LogP contribution >= 0.6 is 0 Å². The monoisotopic (exact) mass is 250 g/mol. The molecule has 0 amide bonds. The van der Waals surface area contributed by atoms with E-state index in [0.717, 1.165) is 18.4 Å². The van der Waals surface area contributed by atoms with Gasteiger partial charge in [0.05, 0.1) is 4.92 Å². The molecular weight excluding hydrogens is 228 g/mol. The van der Waals surface area contributed by atoms with Crippen LogP contribution in [0.1, 0.15) is 45.1 Å². The number of rotatable bonds is 8. The van der Waals surface area contributed by atoms with Gasteiger partial charge in [-0.15, -0.1) is 0 Å². The fourth-order valence-corrected chi connectivity index (χ4v) is 1.99. The normalized spacial score (nSPS) is 12.3. The van der Waals surface area contributed by atoms with Crippen molar-refractivity contribution >= 4 is 5.69 Å². The minimum atomic E-state index is -0.315. The summed E-state index contributed by atoms with van der Waals surface area (Å²) in [4.78, 5) is 10.6. The molecular formula is C14H22N2O2. The van der Waals surface area contributed by atoms with Crippen molar-refractivity contribution in [1.29, 1.82) is 0 Å². The molecule has 0 aliphatic heterocycles. The molecule has 1 N–H and O–H groups in total. The number of unbranched alkanes of at least 4 members (excludes halogenated alkanes) is 1. The first-order chi connectivity index (χ1) is 8.69. The second-order valence-corrected chi connectivity index (χ2v) is 4.51. The Labute approximate surface area is 109 Å². The van der Waals surface area contributed by atoms with Crippen LogP contribution in [-0.2, 0) is 6.54 Å². The molecule has 18 heavy (non-hydrogen) atoms. The van der Waals surface area contributed by atoms with E-state index in [0.29, 0.717) is 12.6 Å². The molecule has 0 saturated carbocycles. The van der Waals surface area contributed by atoms with Crippen LogP contribution in [0.5, 0.6) is 0 Å². The summed E-state index contributed by atoms with van der Waals surface area (Å²) in [5.74, 6) is 0. The van der Waals surface area contributed by atoms with Gasteiger partial charge >= 0.3 is 0 Å². The number of nitrogens with one attached hydrogen (secondary N) is 1. The molecule has 0 fully saturated rings. The van der Waals surface area contributed by atoms with Gasteiger partial charge in [0.15, 0.2) is 0 Å². The van der Waals surface area contributed by atoms with E-state index >= 15 is 0 Å². The average Bonchev–Trinajstić information content (AvgIpc) is 2.39. The highest BCUT2D eigenvalue weighted by Crippen LogP contribution is 2.17. The molecule has 1 atom stereocenters. The highest BCUT2D eigenvalue weighted by Gasteiger charge is 2.13. The molecule has 0 bridgehead atoms. The summed E-state index contributed by atoms with van der Waals surface area (Å²) in [7, 11) is 0. The van der Waals surface area contributed by atoms with Crippen LogP contribution < -0.4 is 5.32 Å². The van der Waals surface area contributed by atoms with E-state index in [1.54, 1.807) is 12.1 Å². The molecule has 0 aliphatic rings. The molecule has 1 unspecified atom stereocenters. The first-order valence-electron chi connectivity index (χ1n) is 6.64. The molecule has 4 nitrogen and oxygen atoms in total. The number of hydrogen-bond acceptors (Lipinski definition) is 3. The first kappa shape index (κ1) is 14.6. The van der Waals surface area contributed by atoms with Gasteiger partial charge < -0.3 is 5.32 Å². The van der Waals surface area contributed by atoms with Crippen molar-refractivity contribution in [2.45, 2.75) is 52.1 Å². The zero-order valence-corrected chi connectivity index (χ0v) is 11.2. The van der Waals surface area contributed by atoms with E-state index < -0.39 is 0 Å². The number of benzene rings is 1. The Morgan fingerprint density at radius 2 is 2.06 bits per heavy atom. The fraction of sp³-hybridized carbons (Fsp3) is 0.571. The minimum absolute atomic E-state index is 0.204. The SMILES string of the molecule is CCCCC(CC)NCc1ccccc1[N+](=O)[O-]. The van der Waals surface area contributed by atoms with Crippen LogP contribution in [0.2, 0.25) is 0 Å². The summed E-state index contributed by atoms with van der Waals surface area (Å²) in [5, 5.41) is 14.3. The summed E-state index contributed by atoms with van der Waals surface area (Å²) in [6.45, 7) is 4.89. The maximum Gasteiger partial charge on any atom is 0.273 e. The van der Waals surface area contributed by atoms with Crippen molar-refractivity contribution in [1.82, 2.24) is 5.32 Å². The maximum atomic E-state index is 10.9. The van der Waals surface area contributed by atoms with Crippen molar-refractivity contribution in [3.8, 4) is 0 Å². The molecule has 0 saturated heterocycles. The molecule has 0 spiro atoms. The zero-order chi connectivity index (χ0) is 13.4. The van der Waals surface area contributed by atoms with E-state index in [4.69, 9.17) is 0 Å². The Hall–Kier alpha value is -1.42. The lowest BCUT2D eigenvalue weighted by atomic mass is 10.1. The van der Waals surface area contributed by atoms with Gasteiger partial charge in [-0.05, 0) is 12.8 Å². The smallest absolute Gasteiger partial charge is 0.273 e. The summed E-state index contributed by atoms with van der Waals surface area (Å²) >= 11 is 0. The third kappa shape index (κ3) is 4.45. The second kappa shape index (κ2) is 7.82. The van der Waals surface area contributed by atoms with Gasteiger partial charge in [-0.2, -0.15) is 0 Å². The Balaban J connectivity index is 2.59. The first-order valence-corrected chi connectivity index (χ1v) is 6.64. The van der Waals surface area contributed by atoms with Gasteiger partial charge in [-0.1, -0.05) is 44.9 Å². The van der Waals surface area contributed by atoms with E-state index in [2.05, 4.69) is 19.2 Å². The third-order valence-electron chi connectivity index (χ3n) is 3.17. The quantitative estimate of drug-likeness (QED) is 0.566. The van der Waals surface area contributed by atoms with E-state index in [1.807, 2.05) is 12.1 Å². The van der Waals surface area contributed by atoms with E-state index in [1.165, 1.54) is 12.8 Å². The highest BCUT2D eigenvalue weighted by atomic mass is 16.6. The zero-order valence-electron chi connectivity index (χ0n) is 11.2. The fourth-order valence-electron chi connectivity index (χ4n) is 1.99. The lowest BCUT2D eigenvalue weighted by molar-refractivity contribution is -0.385. The summed E-state index contributed by atoms with van der Waals surface area (Å²) in [5.41, 5.74) is 0.966. The highest BCUT2D eigenvalue weighted by molar-refractivity contribution is 5.39. The van der Waals surface area contributed by atoms with Crippen LogP contribution in [0.25, 0.3) is 0 Å². The number of hydrogen-bond donors (Lipinski definition) is 1. The standard InChI is InChI=1S/C14H22N2O2/c1-3-5-9-13(4-2)15-11-12-8-6-7-10-14(12)16(17)18/h6-8,10,13,15H,3-5,9,11H2,1-2H3. The molecule has 0 aliphatic carbocycles. The van der Waals surface area contributed by atoms with Crippen molar-refractivity contribution in [3.05, 3.63) is 39.9 Å². The second-order valence-electron chi connectivity index (χ2n) is 4.51. The van der Waals surface area contributed by atoms with Gasteiger partial charge in [-0.25, -0.2) is 0 Å². The molecule has 100 valence electrons. The number of nitro benzene ring substituents is 1. The van der Waals surface area contributed by atoms with Crippen molar-refractivity contribution in [3.63, 3.8) is 0 Å². The third-order valence-corrected chi connectivity index (χ3v) is 3.17. The average molecular weight is 250 g/mol. The lowest BCUT2D eigenvalue weighted by Crippen LogP contribution is -2.28. The summed E-state index contributed by atoms with van der Waals surface area (Å²) in [6, 6.07) is 7.37. The van der Waals surface area contributed by atoms with Gasteiger partial charge in [0, 0.05) is 24.2 Å². The Kier molecular flexibility index (Phi) is 6.36. The molecule has 0 radical (unpaired) electrons. The molecule has 1 aromatic carbocycles. The lowest BCUT2D eigenvalue weighted by Gasteiger charge is -2.16. The minimum Gasteiger partial charge on any atom is -0.310 e. The van der Waals surface area contributed by atoms with Crippen LogP contribution in [0, 0.1) is 10.1 Å². The predicted octanol–water partition coefficient (Wildman–Crippen LogP) is 3.65. The number of nitrogens with zero attached hydrogens (tertiary/aromatic N) is 1. The Bertz CT molecular complexity index is 380. The Morgan fingerprint density at radius 1 is 1.33 bits per heavy atom. The molecule has 4 heteroatoms. The van der Waals surface area contributed by atoms with Crippen LogP contribution in [-0.4, -0.2) is 11.0 Å².